The second-order valence-electron chi connectivity index (χ2n) is 6.21. The van der Waals surface area contributed by atoms with Crippen LogP contribution in [0.2, 0.25) is 0 Å². The fraction of sp³-hybridized carbons (Fsp3) is 0.200. The lowest BCUT2D eigenvalue weighted by Gasteiger charge is -2.14. The third-order valence-electron chi connectivity index (χ3n) is 3.97. The number of aliphatic hydroxyl groups is 1. The van der Waals surface area contributed by atoms with Crippen molar-refractivity contribution in [3.8, 4) is 11.4 Å². The number of para-hydroxylation sites is 1. The van der Waals surface area contributed by atoms with Gasteiger partial charge in [0.05, 0.1) is 23.0 Å². The highest BCUT2D eigenvalue weighted by Crippen LogP contribution is 2.31. The van der Waals surface area contributed by atoms with Crippen LogP contribution in [0.15, 0.2) is 67.0 Å². The number of nitrogens with one attached hydrogen (secondary N) is 1. The van der Waals surface area contributed by atoms with Crippen molar-refractivity contribution in [2.24, 2.45) is 0 Å². The number of halogens is 3. The van der Waals surface area contributed by atoms with Crippen molar-refractivity contribution in [2.75, 3.05) is 13.2 Å². The summed E-state index contributed by atoms with van der Waals surface area (Å²) in [7, 11) is 0. The number of nitrogens with zero attached hydrogens (tertiary/aromatic N) is 2. The summed E-state index contributed by atoms with van der Waals surface area (Å²) >= 11 is 0. The first-order valence-electron chi connectivity index (χ1n) is 8.69. The normalized spacial score (nSPS) is 12.4. The molecule has 1 unspecified atom stereocenters. The molecule has 0 fully saturated rings. The quantitative estimate of drug-likeness (QED) is 0.634. The van der Waals surface area contributed by atoms with Crippen LogP contribution in [0.4, 0.5) is 13.2 Å². The zero-order valence-electron chi connectivity index (χ0n) is 15.1. The molecule has 0 bridgehead atoms. The topological polar surface area (TPSA) is 76.4 Å². The number of benzene rings is 2. The van der Waals surface area contributed by atoms with E-state index in [4.69, 9.17) is 4.74 Å². The van der Waals surface area contributed by atoms with Gasteiger partial charge in [-0.1, -0.05) is 24.3 Å². The van der Waals surface area contributed by atoms with E-state index in [1.54, 1.807) is 10.9 Å². The van der Waals surface area contributed by atoms with E-state index in [9.17, 15) is 23.1 Å². The van der Waals surface area contributed by atoms with E-state index in [1.165, 1.54) is 18.3 Å². The molecular formula is C20H18F3N3O3. The number of carbonyl (C=O) groups excluding carboxylic acids is 1. The molecule has 3 aromatic rings. The van der Waals surface area contributed by atoms with Gasteiger partial charge in [-0.15, -0.1) is 0 Å². The van der Waals surface area contributed by atoms with E-state index in [-0.39, 0.29) is 18.9 Å². The van der Waals surface area contributed by atoms with Crippen molar-refractivity contribution < 1.29 is 27.8 Å². The van der Waals surface area contributed by atoms with Crippen LogP contribution in [0.25, 0.3) is 5.69 Å². The van der Waals surface area contributed by atoms with Crippen molar-refractivity contribution in [3.05, 3.63) is 78.1 Å². The maximum atomic E-state index is 12.7. The molecular weight excluding hydrogens is 387 g/mol. The smallest absolute Gasteiger partial charge is 0.416 e. The molecule has 0 aliphatic carbocycles. The Morgan fingerprint density at radius 1 is 1.17 bits per heavy atom. The summed E-state index contributed by atoms with van der Waals surface area (Å²) in [5, 5.41) is 16.6. The number of carbonyl (C=O) groups is 1. The molecule has 6 nitrogen and oxygen atoms in total. The monoisotopic (exact) mass is 405 g/mol. The number of ether oxygens (including phenoxy) is 1. The molecule has 29 heavy (non-hydrogen) atoms. The predicted molar refractivity (Wildman–Crippen MR) is 98.8 cm³/mol. The van der Waals surface area contributed by atoms with Crippen molar-refractivity contribution >= 4 is 5.91 Å². The second-order valence-corrected chi connectivity index (χ2v) is 6.21. The Bertz CT molecular complexity index is 958. The number of aliphatic hydroxyl groups excluding tert-OH is 1. The van der Waals surface area contributed by atoms with Gasteiger partial charge in [0.2, 0.25) is 0 Å². The summed E-state index contributed by atoms with van der Waals surface area (Å²) in [6, 6.07) is 13.6. The predicted octanol–water partition coefficient (Wildman–Crippen LogP) is 3.06. The summed E-state index contributed by atoms with van der Waals surface area (Å²) in [5.74, 6) is -0.459. The maximum Gasteiger partial charge on any atom is 0.416 e. The number of hydrogen-bond donors (Lipinski definition) is 2. The number of aromatic nitrogens is 2. The van der Waals surface area contributed by atoms with Crippen molar-refractivity contribution in [1.29, 1.82) is 0 Å². The summed E-state index contributed by atoms with van der Waals surface area (Å²) in [6.07, 6.45) is -2.63. The maximum absolute atomic E-state index is 12.7. The molecule has 0 radical (unpaired) electrons. The summed E-state index contributed by atoms with van der Waals surface area (Å²) in [4.78, 5) is 12.2. The summed E-state index contributed by atoms with van der Waals surface area (Å²) < 4.78 is 44.8. The molecule has 1 atom stereocenters. The van der Waals surface area contributed by atoms with Gasteiger partial charge in [0.15, 0.2) is 0 Å². The highest BCUT2D eigenvalue weighted by molar-refractivity contribution is 5.93. The molecule has 9 heteroatoms. The molecule has 0 aliphatic rings. The first kappa shape index (κ1) is 20.4. The van der Waals surface area contributed by atoms with Crippen LogP contribution in [-0.4, -0.2) is 40.0 Å². The van der Waals surface area contributed by atoms with Gasteiger partial charge in [-0.3, -0.25) is 4.79 Å². The Morgan fingerprint density at radius 2 is 1.93 bits per heavy atom. The Kier molecular flexibility index (Phi) is 6.18. The van der Waals surface area contributed by atoms with Crippen LogP contribution in [0, 0.1) is 0 Å². The minimum Gasteiger partial charge on any atom is -0.491 e. The molecule has 0 spiro atoms. The zero-order valence-corrected chi connectivity index (χ0v) is 15.1. The minimum atomic E-state index is -4.48. The van der Waals surface area contributed by atoms with Crippen molar-refractivity contribution in [2.45, 2.75) is 12.3 Å². The number of alkyl halides is 3. The van der Waals surface area contributed by atoms with Gasteiger partial charge < -0.3 is 15.2 Å². The average Bonchev–Trinajstić information content (AvgIpc) is 3.21. The van der Waals surface area contributed by atoms with Gasteiger partial charge >= 0.3 is 6.18 Å². The van der Waals surface area contributed by atoms with Gasteiger partial charge in [0, 0.05) is 12.7 Å². The van der Waals surface area contributed by atoms with Crippen LogP contribution in [-0.2, 0) is 6.18 Å². The summed E-state index contributed by atoms with van der Waals surface area (Å²) in [6.45, 7) is -0.404. The molecule has 1 aromatic heterocycles. The lowest BCUT2D eigenvalue weighted by Crippen LogP contribution is -2.35. The lowest BCUT2D eigenvalue weighted by atomic mass is 10.2. The van der Waals surface area contributed by atoms with E-state index in [0.29, 0.717) is 5.56 Å². The molecule has 0 saturated carbocycles. The third kappa shape index (κ3) is 5.58. The fourth-order valence-corrected chi connectivity index (χ4v) is 2.49. The SMILES string of the molecule is O=C(NCC(O)COc1cccc(C(F)(F)F)c1)c1cnn(-c2ccccc2)c1. The van der Waals surface area contributed by atoms with Crippen molar-refractivity contribution in [1.82, 2.24) is 15.1 Å². The van der Waals surface area contributed by atoms with Crippen LogP contribution in [0.1, 0.15) is 15.9 Å². The van der Waals surface area contributed by atoms with Gasteiger partial charge in [-0.25, -0.2) is 4.68 Å². The Hall–Kier alpha value is -3.33. The highest BCUT2D eigenvalue weighted by atomic mass is 19.4. The Morgan fingerprint density at radius 3 is 2.66 bits per heavy atom. The van der Waals surface area contributed by atoms with E-state index in [2.05, 4.69) is 10.4 Å². The first-order valence-corrected chi connectivity index (χ1v) is 8.69. The highest BCUT2D eigenvalue weighted by Gasteiger charge is 2.30. The molecule has 0 aliphatic heterocycles. The van der Waals surface area contributed by atoms with Gasteiger partial charge in [-0.05, 0) is 30.3 Å². The second kappa shape index (κ2) is 8.78. The molecule has 3 rings (SSSR count). The molecule has 152 valence electrons. The van der Waals surface area contributed by atoms with E-state index in [0.717, 1.165) is 17.8 Å². The average molecular weight is 405 g/mol. The van der Waals surface area contributed by atoms with Gasteiger partial charge in [-0.2, -0.15) is 18.3 Å². The Balaban J connectivity index is 1.49. The lowest BCUT2D eigenvalue weighted by molar-refractivity contribution is -0.137. The summed E-state index contributed by atoms with van der Waals surface area (Å²) in [5.41, 5.74) is 0.258. The van der Waals surface area contributed by atoms with E-state index in [1.807, 2.05) is 30.3 Å². The number of hydrogen-bond acceptors (Lipinski definition) is 4. The third-order valence-corrected chi connectivity index (χ3v) is 3.97. The van der Waals surface area contributed by atoms with Crippen LogP contribution >= 0.6 is 0 Å². The van der Waals surface area contributed by atoms with E-state index < -0.39 is 23.8 Å². The van der Waals surface area contributed by atoms with Crippen LogP contribution < -0.4 is 10.1 Å². The Labute approximate surface area is 164 Å². The van der Waals surface area contributed by atoms with E-state index >= 15 is 0 Å². The largest absolute Gasteiger partial charge is 0.491 e. The minimum absolute atomic E-state index is 0.0191. The number of amides is 1. The molecule has 1 heterocycles. The molecule has 2 N–H and O–H groups in total. The first-order chi connectivity index (χ1) is 13.8. The van der Waals surface area contributed by atoms with Gasteiger partial charge in [0.1, 0.15) is 18.5 Å². The van der Waals surface area contributed by atoms with Crippen LogP contribution in [0.3, 0.4) is 0 Å². The zero-order chi connectivity index (χ0) is 20.9. The molecule has 1 amide bonds. The van der Waals surface area contributed by atoms with Crippen molar-refractivity contribution in [3.63, 3.8) is 0 Å². The van der Waals surface area contributed by atoms with Gasteiger partial charge in [0.25, 0.3) is 5.91 Å². The number of rotatable bonds is 7. The fourth-order valence-electron chi connectivity index (χ4n) is 2.49. The molecule has 2 aromatic carbocycles. The molecule has 0 saturated heterocycles. The standard InChI is InChI=1S/C20H18F3N3O3/c21-20(22,23)15-5-4-8-18(9-15)29-13-17(27)11-24-19(28)14-10-25-26(12-14)16-6-2-1-3-7-16/h1-10,12,17,27H,11,13H2,(H,24,28). The van der Waals surface area contributed by atoms with Crippen LogP contribution in [0.5, 0.6) is 5.75 Å².